The molecular weight excluding hydrogens is 210 g/mol. The first-order chi connectivity index (χ1) is 7.61. The second kappa shape index (κ2) is 4.51. The van der Waals surface area contributed by atoms with Crippen LogP contribution >= 0.6 is 0 Å². The molecule has 0 bridgehead atoms. The SMILES string of the molecule is O=C1CCCCC(=O)N1CC1(O)CCOC1. The van der Waals surface area contributed by atoms with Crippen LogP contribution in [0, 0.1) is 0 Å². The summed E-state index contributed by atoms with van der Waals surface area (Å²) >= 11 is 0. The van der Waals surface area contributed by atoms with Crippen LogP contribution in [-0.4, -0.2) is 47.2 Å². The van der Waals surface area contributed by atoms with Gasteiger partial charge in [-0.25, -0.2) is 0 Å². The van der Waals surface area contributed by atoms with Gasteiger partial charge in [-0.1, -0.05) is 0 Å². The van der Waals surface area contributed by atoms with Crippen molar-refractivity contribution in [2.24, 2.45) is 0 Å². The number of hydrogen-bond donors (Lipinski definition) is 1. The lowest BCUT2D eigenvalue weighted by atomic mass is 10.0. The lowest BCUT2D eigenvalue weighted by Gasteiger charge is -2.28. The Morgan fingerprint density at radius 1 is 1.25 bits per heavy atom. The topological polar surface area (TPSA) is 66.8 Å². The lowest BCUT2D eigenvalue weighted by Crippen LogP contribution is -2.48. The van der Waals surface area contributed by atoms with Crippen LogP contribution in [0.3, 0.4) is 0 Å². The molecule has 0 spiro atoms. The van der Waals surface area contributed by atoms with Gasteiger partial charge in [0.1, 0.15) is 5.60 Å². The minimum absolute atomic E-state index is 0.0880. The summed E-state index contributed by atoms with van der Waals surface area (Å²) in [6.07, 6.45) is 2.82. The number of hydrogen-bond acceptors (Lipinski definition) is 4. The molecule has 5 nitrogen and oxygen atoms in total. The molecule has 0 saturated carbocycles. The number of carbonyl (C=O) groups excluding carboxylic acids is 2. The van der Waals surface area contributed by atoms with Gasteiger partial charge in [0.25, 0.3) is 0 Å². The van der Waals surface area contributed by atoms with Crippen LogP contribution in [-0.2, 0) is 14.3 Å². The maximum Gasteiger partial charge on any atom is 0.229 e. The van der Waals surface area contributed by atoms with E-state index in [4.69, 9.17) is 4.74 Å². The van der Waals surface area contributed by atoms with Gasteiger partial charge in [-0.3, -0.25) is 14.5 Å². The first-order valence-electron chi connectivity index (χ1n) is 5.74. The molecule has 2 aliphatic rings. The van der Waals surface area contributed by atoms with Crippen LogP contribution < -0.4 is 0 Å². The molecule has 0 aliphatic carbocycles. The summed E-state index contributed by atoms with van der Waals surface area (Å²) in [5.41, 5.74) is -1.03. The molecule has 16 heavy (non-hydrogen) atoms. The summed E-state index contributed by atoms with van der Waals surface area (Å²) in [6, 6.07) is 0. The molecule has 1 N–H and O–H groups in total. The average Bonchev–Trinajstić information content (AvgIpc) is 2.61. The normalized spacial score (nSPS) is 31.9. The molecule has 1 unspecified atom stereocenters. The zero-order valence-electron chi connectivity index (χ0n) is 9.28. The molecule has 2 rings (SSSR count). The van der Waals surface area contributed by atoms with Crippen LogP contribution in [0.15, 0.2) is 0 Å². The molecule has 90 valence electrons. The third-order valence-corrected chi connectivity index (χ3v) is 3.17. The lowest BCUT2D eigenvalue weighted by molar-refractivity contribution is -0.148. The van der Waals surface area contributed by atoms with Gasteiger partial charge in [-0.15, -0.1) is 0 Å². The summed E-state index contributed by atoms with van der Waals surface area (Å²) < 4.78 is 5.10. The van der Waals surface area contributed by atoms with Crippen molar-refractivity contribution in [3.8, 4) is 0 Å². The fourth-order valence-electron chi connectivity index (χ4n) is 2.15. The monoisotopic (exact) mass is 227 g/mol. The van der Waals surface area contributed by atoms with E-state index in [2.05, 4.69) is 0 Å². The van der Waals surface area contributed by atoms with E-state index in [0.29, 0.717) is 25.9 Å². The molecule has 2 heterocycles. The van der Waals surface area contributed by atoms with Gasteiger partial charge in [-0.05, 0) is 12.8 Å². The number of likely N-dealkylation sites (tertiary alicyclic amines) is 1. The predicted octanol–water partition coefficient (Wildman–Crippen LogP) is 0.0670. The Kier molecular flexibility index (Phi) is 3.25. The van der Waals surface area contributed by atoms with Crippen molar-refractivity contribution in [2.75, 3.05) is 19.8 Å². The first kappa shape index (κ1) is 11.5. The molecule has 2 aliphatic heterocycles. The van der Waals surface area contributed by atoms with Gasteiger partial charge in [0.2, 0.25) is 11.8 Å². The highest BCUT2D eigenvalue weighted by molar-refractivity contribution is 5.96. The highest BCUT2D eigenvalue weighted by atomic mass is 16.5. The zero-order valence-corrected chi connectivity index (χ0v) is 9.28. The van der Waals surface area contributed by atoms with Gasteiger partial charge in [0.15, 0.2) is 0 Å². The fourth-order valence-corrected chi connectivity index (χ4v) is 2.15. The van der Waals surface area contributed by atoms with E-state index in [1.165, 1.54) is 4.90 Å². The van der Waals surface area contributed by atoms with Crippen molar-refractivity contribution in [1.29, 1.82) is 0 Å². The number of aliphatic hydroxyl groups is 1. The Bertz CT molecular complexity index is 278. The Morgan fingerprint density at radius 2 is 1.88 bits per heavy atom. The number of imide groups is 1. The maximum absolute atomic E-state index is 11.7. The maximum atomic E-state index is 11.7. The highest BCUT2D eigenvalue weighted by Gasteiger charge is 2.38. The van der Waals surface area contributed by atoms with E-state index in [0.717, 1.165) is 12.8 Å². The summed E-state index contributed by atoms with van der Waals surface area (Å²) in [5.74, 6) is -0.328. The molecule has 0 aromatic carbocycles. The molecule has 2 amide bonds. The molecule has 1 atom stereocenters. The van der Waals surface area contributed by atoms with Gasteiger partial charge in [0, 0.05) is 25.9 Å². The Morgan fingerprint density at radius 3 is 2.38 bits per heavy atom. The van der Waals surface area contributed by atoms with Gasteiger partial charge in [0.05, 0.1) is 13.2 Å². The summed E-state index contributed by atoms with van der Waals surface area (Å²) in [5, 5.41) is 10.1. The van der Waals surface area contributed by atoms with Gasteiger partial charge >= 0.3 is 0 Å². The molecule has 0 aromatic heterocycles. The van der Waals surface area contributed by atoms with Crippen molar-refractivity contribution >= 4 is 11.8 Å². The van der Waals surface area contributed by atoms with Crippen molar-refractivity contribution in [3.05, 3.63) is 0 Å². The number of β-amino-alcohol motifs (C(OH)–C–C–N with tert-alkyl or cyclic N) is 1. The smallest absolute Gasteiger partial charge is 0.229 e. The fraction of sp³-hybridized carbons (Fsp3) is 0.818. The average molecular weight is 227 g/mol. The molecule has 2 fully saturated rings. The van der Waals surface area contributed by atoms with Crippen molar-refractivity contribution < 1.29 is 19.4 Å². The van der Waals surface area contributed by atoms with E-state index in [9.17, 15) is 14.7 Å². The summed E-state index contributed by atoms with van der Waals surface area (Å²) in [6.45, 7) is 0.793. The molecule has 2 saturated heterocycles. The van der Waals surface area contributed by atoms with E-state index in [1.807, 2.05) is 0 Å². The number of nitrogens with zero attached hydrogens (tertiary/aromatic N) is 1. The zero-order chi connectivity index (χ0) is 11.6. The van der Waals surface area contributed by atoms with Crippen LogP contribution in [0.2, 0.25) is 0 Å². The number of carbonyl (C=O) groups is 2. The van der Waals surface area contributed by atoms with E-state index >= 15 is 0 Å². The van der Waals surface area contributed by atoms with Crippen molar-refractivity contribution in [2.45, 2.75) is 37.7 Å². The van der Waals surface area contributed by atoms with Crippen LogP contribution in [0.4, 0.5) is 0 Å². The van der Waals surface area contributed by atoms with Gasteiger partial charge in [-0.2, -0.15) is 0 Å². The largest absolute Gasteiger partial charge is 0.386 e. The number of ether oxygens (including phenoxy) is 1. The molecule has 0 aromatic rings. The number of amides is 2. The van der Waals surface area contributed by atoms with E-state index < -0.39 is 5.60 Å². The summed E-state index contributed by atoms with van der Waals surface area (Å²) in [4.78, 5) is 24.6. The molecule has 5 heteroatoms. The van der Waals surface area contributed by atoms with Gasteiger partial charge < -0.3 is 9.84 Å². The number of rotatable bonds is 2. The Balaban J connectivity index is 2.05. The van der Waals surface area contributed by atoms with Crippen LogP contribution in [0.5, 0.6) is 0 Å². The Labute approximate surface area is 94.4 Å². The quantitative estimate of drug-likeness (QED) is 0.678. The van der Waals surface area contributed by atoms with Crippen molar-refractivity contribution in [1.82, 2.24) is 4.90 Å². The first-order valence-corrected chi connectivity index (χ1v) is 5.74. The van der Waals surface area contributed by atoms with Crippen molar-refractivity contribution in [3.63, 3.8) is 0 Å². The van der Waals surface area contributed by atoms with Crippen LogP contribution in [0.1, 0.15) is 32.1 Å². The molecule has 0 radical (unpaired) electrons. The second-order valence-electron chi connectivity index (χ2n) is 4.61. The second-order valence-corrected chi connectivity index (χ2v) is 4.61. The summed E-state index contributed by atoms with van der Waals surface area (Å²) in [7, 11) is 0. The van der Waals surface area contributed by atoms with E-state index in [-0.39, 0.29) is 25.0 Å². The molecular formula is C11H17NO4. The highest BCUT2D eigenvalue weighted by Crippen LogP contribution is 2.22. The standard InChI is InChI=1S/C11H17NO4/c13-9-3-1-2-4-10(14)12(9)7-11(15)5-6-16-8-11/h15H,1-8H2. The minimum atomic E-state index is -1.03. The van der Waals surface area contributed by atoms with E-state index in [1.54, 1.807) is 0 Å². The third-order valence-electron chi connectivity index (χ3n) is 3.17. The third kappa shape index (κ3) is 2.41. The predicted molar refractivity (Wildman–Crippen MR) is 55.6 cm³/mol. The Hall–Kier alpha value is -0.940. The van der Waals surface area contributed by atoms with Crippen LogP contribution in [0.25, 0.3) is 0 Å². The minimum Gasteiger partial charge on any atom is -0.386 e.